The van der Waals surface area contributed by atoms with Gasteiger partial charge in [-0.2, -0.15) is 0 Å². The third-order valence-electron chi connectivity index (χ3n) is 2.29. The summed E-state index contributed by atoms with van der Waals surface area (Å²) in [7, 11) is 0. The molecule has 0 fully saturated rings. The van der Waals surface area contributed by atoms with E-state index in [1.165, 1.54) is 30.1 Å². The van der Waals surface area contributed by atoms with E-state index in [-0.39, 0.29) is 18.1 Å². The molecule has 2 rings (SSSR count). The van der Waals surface area contributed by atoms with Gasteiger partial charge in [0.1, 0.15) is 16.5 Å². The van der Waals surface area contributed by atoms with Gasteiger partial charge in [-0.05, 0) is 24.8 Å². The molecule has 0 aromatic carbocycles. The summed E-state index contributed by atoms with van der Waals surface area (Å²) in [6, 6.07) is 2.86. The number of fused-ring (bicyclic) bond motifs is 1. The normalized spacial score (nSPS) is 10.8. The van der Waals surface area contributed by atoms with Crippen LogP contribution in [0.15, 0.2) is 23.4 Å². The number of aromatic nitrogens is 2. The average molecular weight is 268 g/mol. The summed E-state index contributed by atoms with van der Waals surface area (Å²) >= 11 is 1.43. The zero-order valence-corrected chi connectivity index (χ0v) is 11.0. The molecule has 0 aliphatic rings. The topological polar surface area (TPSA) is 43.6 Å². The van der Waals surface area contributed by atoms with E-state index < -0.39 is 5.97 Å². The Morgan fingerprint density at radius 1 is 1.50 bits per heavy atom. The molecule has 2 aromatic heterocycles. The van der Waals surface area contributed by atoms with Crippen molar-refractivity contribution in [3.05, 3.63) is 29.8 Å². The molecular weight excluding hydrogens is 255 g/mol. The summed E-state index contributed by atoms with van der Waals surface area (Å²) in [4.78, 5) is 16.0. The van der Waals surface area contributed by atoms with Crippen LogP contribution >= 0.6 is 11.8 Å². The van der Waals surface area contributed by atoms with Gasteiger partial charge in [0.05, 0.1) is 6.61 Å². The molecule has 0 atom stereocenters. The van der Waals surface area contributed by atoms with Crippen LogP contribution in [0.2, 0.25) is 0 Å². The number of carbonyl (C=O) groups is 1. The predicted octanol–water partition coefficient (Wildman–Crippen LogP) is 2.76. The molecule has 0 aliphatic carbocycles. The van der Waals surface area contributed by atoms with Crippen molar-refractivity contribution in [1.82, 2.24) is 9.38 Å². The third-order valence-corrected chi connectivity index (χ3v) is 3.24. The van der Waals surface area contributed by atoms with Gasteiger partial charge in [-0.25, -0.2) is 14.2 Å². The summed E-state index contributed by atoms with van der Waals surface area (Å²) in [6.07, 6.45) is 1.32. The second kappa shape index (κ2) is 5.39. The highest BCUT2D eigenvalue weighted by molar-refractivity contribution is 7.99. The first kappa shape index (κ1) is 12.9. The predicted molar refractivity (Wildman–Crippen MR) is 67.5 cm³/mol. The van der Waals surface area contributed by atoms with Crippen molar-refractivity contribution >= 4 is 23.4 Å². The smallest absolute Gasteiger partial charge is 0.359 e. The molecule has 0 radical (unpaired) electrons. The Morgan fingerprint density at radius 2 is 2.28 bits per heavy atom. The number of rotatable bonds is 4. The molecule has 18 heavy (non-hydrogen) atoms. The fourth-order valence-electron chi connectivity index (χ4n) is 1.60. The van der Waals surface area contributed by atoms with Crippen molar-refractivity contribution in [2.24, 2.45) is 0 Å². The molecule has 2 aromatic rings. The van der Waals surface area contributed by atoms with Gasteiger partial charge in [-0.1, -0.05) is 6.92 Å². The van der Waals surface area contributed by atoms with E-state index >= 15 is 0 Å². The molecule has 0 aliphatic heterocycles. The van der Waals surface area contributed by atoms with Crippen LogP contribution in [0.4, 0.5) is 4.39 Å². The van der Waals surface area contributed by atoms with Gasteiger partial charge in [0.2, 0.25) is 0 Å². The van der Waals surface area contributed by atoms with Gasteiger partial charge >= 0.3 is 5.97 Å². The largest absolute Gasteiger partial charge is 0.461 e. The van der Waals surface area contributed by atoms with Crippen molar-refractivity contribution in [3.63, 3.8) is 0 Å². The summed E-state index contributed by atoms with van der Waals surface area (Å²) in [5.41, 5.74) is 0.782. The van der Waals surface area contributed by atoms with E-state index in [2.05, 4.69) is 4.98 Å². The molecule has 0 bridgehead atoms. The van der Waals surface area contributed by atoms with Gasteiger partial charge in [-0.3, -0.25) is 4.40 Å². The van der Waals surface area contributed by atoms with Crippen molar-refractivity contribution in [3.8, 4) is 0 Å². The van der Waals surface area contributed by atoms with E-state index in [0.29, 0.717) is 10.7 Å². The third kappa shape index (κ3) is 2.33. The standard InChI is InChI=1S/C12H13FN2O2S/c1-3-17-12(16)10-11(18-4-2)15-7-8(13)5-6-9(15)14-10/h5-7H,3-4H2,1-2H3. The number of esters is 1. The van der Waals surface area contributed by atoms with Crippen molar-refractivity contribution in [2.45, 2.75) is 18.9 Å². The number of imidazole rings is 1. The molecule has 0 saturated carbocycles. The van der Waals surface area contributed by atoms with Gasteiger partial charge in [0.15, 0.2) is 5.69 Å². The molecule has 0 saturated heterocycles. The number of halogens is 1. The highest BCUT2D eigenvalue weighted by Gasteiger charge is 2.20. The fraction of sp³-hybridized carbons (Fsp3) is 0.333. The summed E-state index contributed by atoms with van der Waals surface area (Å²) in [6.45, 7) is 3.98. The molecule has 6 heteroatoms. The minimum atomic E-state index is -0.474. The molecule has 0 amide bonds. The van der Waals surface area contributed by atoms with Crippen LogP contribution in [-0.2, 0) is 4.74 Å². The molecule has 4 nitrogen and oxygen atoms in total. The lowest BCUT2D eigenvalue weighted by molar-refractivity contribution is 0.0515. The first-order chi connectivity index (χ1) is 8.67. The van der Waals surface area contributed by atoms with E-state index in [1.807, 2.05) is 6.92 Å². The zero-order chi connectivity index (χ0) is 13.1. The Hall–Kier alpha value is -1.56. The first-order valence-electron chi connectivity index (χ1n) is 5.64. The maximum absolute atomic E-state index is 13.2. The maximum Gasteiger partial charge on any atom is 0.359 e. The second-order valence-electron chi connectivity index (χ2n) is 3.49. The molecule has 0 spiro atoms. The van der Waals surface area contributed by atoms with Gasteiger partial charge in [-0.15, -0.1) is 11.8 Å². The molecular formula is C12H13FN2O2S. The van der Waals surface area contributed by atoms with Crippen LogP contribution in [0.5, 0.6) is 0 Å². The lowest BCUT2D eigenvalue weighted by atomic mass is 10.4. The Kier molecular flexibility index (Phi) is 3.86. The highest BCUT2D eigenvalue weighted by atomic mass is 32.2. The number of pyridine rings is 1. The highest BCUT2D eigenvalue weighted by Crippen LogP contribution is 2.25. The van der Waals surface area contributed by atoms with Gasteiger partial charge in [0, 0.05) is 6.20 Å². The first-order valence-corrected chi connectivity index (χ1v) is 6.63. The van der Waals surface area contributed by atoms with Crippen molar-refractivity contribution in [1.29, 1.82) is 0 Å². The number of ether oxygens (including phenoxy) is 1. The zero-order valence-electron chi connectivity index (χ0n) is 10.1. The second-order valence-corrected chi connectivity index (χ2v) is 4.75. The van der Waals surface area contributed by atoms with E-state index in [9.17, 15) is 9.18 Å². The minimum Gasteiger partial charge on any atom is -0.461 e. The number of hydrogen-bond donors (Lipinski definition) is 0. The molecule has 2 heterocycles. The minimum absolute atomic E-state index is 0.245. The van der Waals surface area contributed by atoms with Crippen LogP contribution in [-0.4, -0.2) is 27.7 Å². The Labute approximate surface area is 108 Å². The van der Waals surface area contributed by atoms with E-state index in [1.54, 1.807) is 11.3 Å². The van der Waals surface area contributed by atoms with Crippen LogP contribution in [0, 0.1) is 5.82 Å². The Bertz CT molecular complexity index is 583. The van der Waals surface area contributed by atoms with Crippen LogP contribution < -0.4 is 0 Å². The summed E-state index contributed by atoms with van der Waals surface area (Å²) in [5.74, 6) is -0.0812. The Morgan fingerprint density at radius 3 is 2.94 bits per heavy atom. The number of nitrogens with zero attached hydrogens (tertiary/aromatic N) is 2. The summed E-state index contributed by atoms with van der Waals surface area (Å²) < 4.78 is 19.8. The van der Waals surface area contributed by atoms with Gasteiger partial charge < -0.3 is 4.74 Å². The van der Waals surface area contributed by atoms with Crippen molar-refractivity contribution < 1.29 is 13.9 Å². The molecule has 0 N–H and O–H groups in total. The van der Waals surface area contributed by atoms with Crippen LogP contribution in [0.1, 0.15) is 24.3 Å². The fourth-order valence-corrected chi connectivity index (χ4v) is 2.43. The maximum atomic E-state index is 13.2. The van der Waals surface area contributed by atoms with Gasteiger partial charge in [0.25, 0.3) is 0 Å². The van der Waals surface area contributed by atoms with Crippen molar-refractivity contribution in [2.75, 3.05) is 12.4 Å². The SMILES string of the molecule is CCOC(=O)c1nc2ccc(F)cn2c1SCC. The number of hydrogen-bond acceptors (Lipinski definition) is 4. The quantitative estimate of drug-likeness (QED) is 0.631. The number of thioether (sulfide) groups is 1. The lowest BCUT2D eigenvalue weighted by Crippen LogP contribution is -2.06. The average Bonchev–Trinajstić information content (AvgIpc) is 2.69. The molecule has 0 unspecified atom stereocenters. The van der Waals surface area contributed by atoms with E-state index in [0.717, 1.165) is 5.75 Å². The summed E-state index contributed by atoms with van der Waals surface area (Å²) in [5, 5.41) is 0.616. The monoisotopic (exact) mass is 268 g/mol. The number of carbonyl (C=O) groups excluding carboxylic acids is 1. The molecule has 96 valence electrons. The van der Waals surface area contributed by atoms with Crippen LogP contribution in [0.25, 0.3) is 5.65 Å². The van der Waals surface area contributed by atoms with Crippen LogP contribution in [0.3, 0.4) is 0 Å². The Balaban J connectivity index is 2.57. The van der Waals surface area contributed by atoms with E-state index in [4.69, 9.17) is 4.74 Å². The lowest BCUT2D eigenvalue weighted by Gasteiger charge is -2.02.